The smallest absolute Gasteiger partial charge is 0.281 e. The van der Waals surface area contributed by atoms with Crippen molar-refractivity contribution in [3.05, 3.63) is 44.9 Å². The minimum Gasteiger partial charge on any atom is -0.298 e. The van der Waals surface area contributed by atoms with Crippen molar-refractivity contribution in [1.82, 2.24) is 13.6 Å². The second kappa shape index (κ2) is 7.12. The predicted octanol–water partition coefficient (Wildman–Crippen LogP) is 2.32. The Kier molecular flexibility index (Phi) is 5.26. The molecule has 0 unspecified atom stereocenters. The lowest BCUT2D eigenvalue weighted by Crippen LogP contribution is -2.42. The van der Waals surface area contributed by atoms with Crippen LogP contribution in [0.4, 0.5) is 5.13 Å². The highest BCUT2D eigenvalue weighted by Crippen LogP contribution is 2.30. The number of carbonyl (C=O) groups is 1. The Morgan fingerprint density at radius 2 is 2.16 bits per heavy atom. The van der Waals surface area contributed by atoms with Gasteiger partial charge >= 0.3 is 0 Å². The Balaban J connectivity index is 1.76. The number of thiazole rings is 1. The molecule has 10 heteroatoms. The summed E-state index contributed by atoms with van der Waals surface area (Å²) in [7, 11) is -0.421. The summed E-state index contributed by atoms with van der Waals surface area (Å²) < 4.78 is 28.0. The molecule has 1 N–H and O–H groups in total. The Morgan fingerprint density at radius 1 is 1.40 bits per heavy atom. The molecule has 0 bridgehead atoms. The number of rotatable bonds is 4. The summed E-state index contributed by atoms with van der Waals surface area (Å²) in [6.07, 6.45) is 0.533. The first-order valence-electron chi connectivity index (χ1n) is 7.50. The van der Waals surface area contributed by atoms with Crippen LogP contribution < -0.4 is 5.32 Å². The number of halogens is 1. The number of amides is 1. The number of anilines is 1. The topological polar surface area (TPSA) is 82.6 Å². The molecule has 2 aromatic rings. The van der Waals surface area contributed by atoms with Crippen LogP contribution in [0.3, 0.4) is 0 Å². The lowest BCUT2D eigenvalue weighted by molar-refractivity contribution is 0.102. The maximum atomic E-state index is 12.3. The summed E-state index contributed by atoms with van der Waals surface area (Å²) >= 11 is 4.65. The van der Waals surface area contributed by atoms with Gasteiger partial charge in [0, 0.05) is 42.0 Å². The third-order valence-electron chi connectivity index (χ3n) is 3.79. The number of aromatic nitrogens is 1. The van der Waals surface area contributed by atoms with Gasteiger partial charge < -0.3 is 0 Å². The molecule has 0 atom stereocenters. The monoisotopic (exact) mass is 444 g/mol. The first-order chi connectivity index (χ1) is 11.8. The first-order valence-corrected chi connectivity index (χ1v) is 10.5. The fourth-order valence-corrected chi connectivity index (χ4v) is 5.03. The third-order valence-corrected chi connectivity index (χ3v) is 7.17. The summed E-state index contributed by atoms with van der Waals surface area (Å²) in [5, 5.41) is 3.27. The van der Waals surface area contributed by atoms with Crippen molar-refractivity contribution in [3.63, 3.8) is 0 Å². The van der Waals surface area contributed by atoms with Crippen LogP contribution in [0.2, 0.25) is 0 Å². The zero-order chi connectivity index (χ0) is 18.2. The zero-order valence-electron chi connectivity index (χ0n) is 13.7. The van der Waals surface area contributed by atoms with E-state index in [4.69, 9.17) is 0 Å². The lowest BCUT2D eigenvalue weighted by atomic mass is 10.2. The molecule has 1 amide bonds. The second-order valence-corrected chi connectivity index (χ2v) is 9.87. The van der Waals surface area contributed by atoms with E-state index in [9.17, 15) is 13.2 Å². The average Bonchev–Trinajstić information content (AvgIpc) is 2.95. The molecule has 7 nitrogen and oxygen atoms in total. The Hall–Kier alpha value is -1.33. The normalized spacial score (nSPS) is 15.2. The van der Waals surface area contributed by atoms with E-state index in [1.165, 1.54) is 34.0 Å². The Labute approximate surface area is 159 Å². The van der Waals surface area contributed by atoms with Crippen molar-refractivity contribution in [2.24, 2.45) is 0 Å². The van der Waals surface area contributed by atoms with Crippen molar-refractivity contribution in [3.8, 4) is 0 Å². The lowest BCUT2D eigenvalue weighted by Gasteiger charge is -2.27. The Bertz CT molecular complexity index is 911. The van der Waals surface area contributed by atoms with Crippen LogP contribution in [0.15, 0.2) is 28.7 Å². The molecule has 0 fully saturated rings. The highest BCUT2D eigenvalue weighted by molar-refractivity contribution is 9.10. The molecule has 0 saturated carbocycles. The SMILES string of the molecule is CN(C)S(=O)(=O)N1CCc2nc(NC(=O)c3cccc(Br)c3)sc2C1. The fourth-order valence-electron chi connectivity index (χ4n) is 2.45. The van der Waals surface area contributed by atoms with Crippen LogP contribution in [-0.4, -0.2) is 48.6 Å². The van der Waals surface area contributed by atoms with Crippen LogP contribution in [0, 0.1) is 0 Å². The number of carbonyl (C=O) groups excluding carboxylic acids is 1. The molecule has 25 heavy (non-hydrogen) atoms. The molecular weight excluding hydrogens is 428 g/mol. The van der Waals surface area contributed by atoms with Gasteiger partial charge in [0.2, 0.25) is 0 Å². The van der Waals surface area contributed by atoms with Crippen molar-refractivity contribution in [2.45, 2.75) is 13.0 Å². The molecule has 0 aliphatic carbocycles. The maximum absolute atomic E-state index is 12.3. The van der Waals surface area contributed by atoms with Gasteiger partial charge in [0.1, 0.15) is 0 Å². The van der Waals surface area contributed by atoms with Gasteiger partial charge in [-0.1, -0.05) is 22.0 Å². The molecule has 1 aromatic carbocycles. The van der Waals surface area contributed by atoms with E-state index in [1.807, 2.05) is 6.07 Å². The standard InChI is InChI=1S/C15H17BrN4O3S2/c1-19(2)25(22,23)20-7-6-12-13(9-20)24-15(17-12)18-14(21)10-4-3-5-11(16)8-10/h3-5,8H,6-7,9H2,1-2H3,(H,17,18,21). The minimum atomic E-state index is -3.45. The summed E-state index contributed by atoms with van der Waals surface area (Å²) in [6.45, 7) is 0.663. The van der Waals surface area contributed by atoms with Crippen LogP contribution in [0.5, 0.6) is 0 Å². The number of benzene rings is 1. The van der Waals surface area contributed by atoms with Crippen LogP contribution >= 0.6 is 27.3 Å². The maximum Gasteiger partial charge on any atom is 0.281 e. The molecule has 3 rings (SSSR count). The molecule has 1 aliphatic heterocycles. The minimum absolute atomic E-state index is 0.245. The van der Waals surface area contributed by atoms with Crippen molar-refractivity contribution < 1.29 is 13.2 Å². The van der Waals surface area contributed by atoms with E-state index in [0.717, 1.165) is 15.0 Å². The summed E-state index contributed by atoms with van der Waals surface area (Å²) in [6, 6.07) is 7.09. The second-order valence-electron chi connectivity index (χ2n) is 5.73. The molecule has 2 heterocycles. The number of fused-ring (bicyclic) bond motifs is 1. The van der Waals surface area contributed by atoms with Crippen molar-refractivity contribution >= 4 is 48.5 Å². The summed E-state index contributed by atoms with van der Waals surface area (Å²) in [5.74, 6) is -0.245. The molecule has 0 spiro atoms. The molecule has 134 valence electrons. The number of hydrogen-bond donors (Lipinski definition) is 1. The number of hydrogen-bond acceptors (Lipinski definition) is 5. The van der Waals surface area contributed by atoms with Gasteiger partial charge in [-0.3, -0.25) is 10.1 Å². The van der Waals surface area contributed by atoms with Crippen molar-refractivity contribution in [2.75, 3.05) is 26.0 Å². The average molecular weight is 445 g/mol. The number of nitrogens with zero attached hydrogens (tertiary/aromatic N) is 3. The molecule has 0 radical (unpaired) electrons. The third kappa shape index (κ3) is 3.93. The van der Waals surface area contributed by atoms with E-state index in [2.05, 4.69) is 26.2 Å². The number of nitrogens with one attached hydrogen (secondary N) is 1. The van der Waals surface area contributed by atoms with Crippen LogP contribution in [0.25, 0.3) is 0 Å². The Morgan fingerprint density at radius 3 is 2.84 bits per heavy atom. The predicted molar refractivity (Wildman–Crippen MR) is 101 cm³/mol. The summed E-state index contributed by atoms with van der Waals surface area (Å²) in [4.78, 5) is 17.6. The zero-order valence-corrected chi connectivity index (χ0v) is 16.9. The van der Waals surface area contributed by atoms with Gasteiger partial charge in [-0.15, -0.1) is 11.3 Å². The quantitative estimate of drug-likeness (QED) is 0.783. The van der Waals surface area contributed by atoms with Crippen LogP contribution in [0.1, 0.15) is 20.9 Å². The van der Waals surface area contributed by atoms with Gasteiger partial charge in [0.15, 0.2) is 5.13 Å². The molecule has 1 aromatic heterocycles. The molecular formula is C15H17BrN4O3S2. The van der Waals surface area contributed by atoms with E-state index in [1.54, 1.807) is 18.2 Å². The highest BCUT2D eigenvalue weighted by Gasteiger charge is 2.30. The molecule has 1 aliphatic rings. The van der Waals surface area contributed by atoms with Gasteiger partial charge in [0.25, 0.3) is 16.1 Å². The highest BCUT2D eigenvalue weighted by atomic mass is 79.9. The first kappa shape index (κ1) is 18.5. The van der Waals surface area contributed by atoms with Crippen molar-refractivity contribution in [1.29, 1.82) is 0 Å². The van der Waals surface area contributed by atoms with E-state index in [-0.39, 0.29) is 12.5 Å². The van der Waals surface area contributed by atoms with Gasteiger partial charge in [-0.2, -0.15) is 17.0 Å². The van der Waals surface area contributed by atoms with E-state index >= 15 is 0 Å². The summed E-state index contributed by atoms with van der Waals surface area (Å²) in [5.41, 5.74) is 1.37. The van der Waals surface area contributed by atoms with E-state index < -0.39 is 10.2 Å². The van der Waals surface area contributed by atoms with Crippen LogP contribution in [-0.2, 0) is 23.2 Å². The van der Waals surface area contributed by atoms with Gasteiger partial charge in [0.05, 0.1) is 12.2 Å². The van der Waals surface area contributed by atoms with Gasteiger partial charge in [-0.05, 0) is 18.2 Å². The van der Waals surface area contributed by atoms with Gasteiger partial charge in [-0.25, -0.2) is 4.98 Å². The largest absolute Gasteiger partial charge is 0.298 e. The van der Waals surface area contributed by atoms with E-state index in [0.29, 0.717) is 23.7 Å². The fraction of sp³-hybridized carbons (Fsp3) is 0.333. The molecule has 0 saturated heterocycles.